The van der Waals surface area contributed by atoms with E-state index in [0.29, 0.717) is 41.2 Å². The Bertz CT molecular complexity index is 1240. The fourth-order valence-electron chi connectivity index (χ4n) is 3.89. The van der Waals surface area contributed by atoms with E-state index >= 15 is 0 Å². The first-order chi connectivity index (χ1) is 17.7. The quantitative estimate of drug-likeness (QED) is 0.191. The van der Waals surface area contributed by atoms with Gasteiger partial charge in [0.1, 0.15) is 6.10 Å². The minimum atomic E-state index is -0.695. The van der Waals surface area contributed by atoms with Crippen LogP contribution in [0.4, 0.5) is 21.9 Å². The van der Waals surface area contributed by atoms with Crippen LogP contribution >= 0.6 is 0 Å². The molecule has 5 N–H and O–H groups in total. The zero-order valence-electron chi connectivity index (χ0n) is 21.2. The maximum Gasteiger partial charge on any atom is 0.412 e. The average molecular weight is 504 g/mol. The number of benzene rings is 3. The average Bonchev–Trinajstić information content (AvgIpc) is 2.87. The number of phenols is 1. The molecule has 3 rings (SSSR count). The van der Waals surface area contributed by atoms with Crippen molar-refractivity contribution in [2.75, 3.05) is 23.5 Å². The van der Waals surface area contributed by atoms with E-state index in [0.717, 1.165) is 0 Å². The third kappa shape index (κ3) is 7.76. The number of rotatable bonds is 10. The summed E-state index contributed by atoms with van der Waals surface area (Å²) in [5.41, 5.74) is 7.58. The number of nitrogens with one attached hydrogen (secondary N) is 2. The Kier molecular flexibility index (Phi) is 9.16. The molecule has 37 heavy (non-hydrogen) atoms. The second-order valence-electron chi connectivity index (χ2n) is 9.21. The highest BCUT2D eigenvalue weighted by molar-refractivity contribution is 6.01. The van der Waals surface area contributed by atoms with Crippen molar-refractivity contribution in [1.82, 2.24) is 0 Å². The van der Waals surface area contributed by atoms with Crippen LogP contribution in [0.2, 0.25) is 0 Å². The van der Waals surface area contributed by atoms with Gasteiger partial charge >= 0.3 is 6.09 Å². The molecular formula is C29H33N3O5. The van der Waals surface area contributed by atoms with Gasteiger partial charge in [0, 0.05) is 11.1 Å². The minimum absolute atomic E-state index is 0.0513. The number of phenolic OH excluding ortho intramolecular Hbond substituents is 1. The lowest BCUT2D eigenvalue weighted by atomic mass is 9.78. The van der Waals surface area contributed by atoms with Crippen molar-refractivity contribution >= 4 is 29.1 Å². The number of nitrogens with two attached hydrogens (primary N) is 1. The molecule has 0 heterocycles. The fourth-order valence-corrected chi connectivity index (χ4v) is 3.89. The standard InChI is InChI=1S/C29H33N3O5/c1-29(2,18-10-9-15-26(34)32-23-14-8-7-13-22(23)30)27(20-16-17-25(36-3)24(33)19-20)37-28(35)31-21-11-5-4-6-12-21/h4-9,11-17,19,27,33H,10,18,30H2,1-3H3,(H,31,35)(H,32,34)/b15-9+/t27-/m0/s1. The first kappa shape index (κ1) is 27.1. The van der Waals surface area contributed by atoms with Crippen molar-refractivity contribution in [3.63, 3.8) is 0 Å². The summed E-state index contributed by atoms with van der Waals surface area (Å²) in [4.78, 5) is 25.1. The molecule has 8 heteroatoms. The molecule has 8 nitrogen and oxygen atoms in total. The number of nitrogen functional groups attached to an aromatic ring is 1. The summed E-state index contributed by atoms with van der Waals surface area (Å²) >= 11 is 0. The SMILES string of the molecule is COc1ccc([C@H](OC(=O)Nc2ccccc2)C(C)(C)CC/C=C/C(=O)Nc2ccccc2N)cc1O. The second-order valence-corrected chi connectivity index (χ2v) is 9.21. The number of carbonyl (C=O) groups is 2. The normalized spacial score (nSPS) is 12.1. The van der Waals surface area contributed by atoms with Crippen LogP contribution in [0.15, 0.2) is 84.9 Å². The Morgan fingerprint density at radius 2 is 1.73 bits per heavy atom. The van der Waals surface area contributed by atoms with Gasteiger partial charge in [0.25, 0.3) is 0 Å². The molecule has 1 atom stereocenters. The number of methoxy groups -OCH3 is 1. The highest BCUT2D eigenvalue weighted by Crippen LogP contribution is 2.43. The molecule has 3 aromatic rings. The number of carbonyl (C=O) groups excluding carboxylic acids is 2. The summed E-state index contributed by atoms with van der Waals surface area (Å²) in [7, 11) is 1.47. The number of hydrogen-bond acceptors (Lipinski definition) is 6. The van der Waals surface area contributed by atoms with Gasteiger partial charge in [-0.25, -0.2) is 4.79 Å². The van der Waals surface area contributed by atoms with E-state index in [1.807, 2.05) is 32.0 Å². The zero-order valence-corrected chi connectivity index (χ0v) is 21.2. The summed E-state index contributed by atoms with van der Waals surface area (Å²) in [5, 5.41) is 15.8. The summed E-state index contributed by atoms with van der Waals surface area (Å²) in [5.74, 6) is -0.0162. The molecule has 0 bridgehead atoms. The van der Waals surface area contributed by atoms with Crippen molar-refractivity contribution in [3.8, 4) is 11.5 Å². The van der Waals surface area contributed by atoms with E-state index < -0.39 is 17.6 Å². The van der Waals surface area contributed by atoms with Crippen LogP contribution in [0.25, 0.3) is 0 Å². The van der Waals surface area contributed by atoms with Gasteiger partial charge in [0.05, 0.1) is 18.5 Å². The van der Waals surface area contributed by atoms with Gasteiger partial charge in [-0.2, -0.15) is 0 Å². The van der Waals surface area contributed by atoms with E-state index in [1.54, 1.807) is 54.6 Å². The number of para-hydroxylation sites is 3. The molecule has 2 amide bonds. The molecule has 3 aromatic carbocycles. The van der Waals surface area contributed by atoms with Crippen molar-refractivity contribution in [3.05, 3.63) is 90.5 Å². The molecule has 0 aromatic heterocycles. The number of hydrogen-bond donors (Lipinski definition) is 4. The van der Waals surface area contributed by atoms with Crippen LogP contribution < -0.4 is 21.1 Å². The third-order valence-electron chi connectivity index (χ3n) is 5.90. The molecule has 0 spiro atoms. The largest absolute Gasteiger partial charge is 0.504 e. The van der Waals surface area contributed by atoms with E-state index in [9.17, 15) is 14.7 Å². The molecule has 0 unspecified atom stereocenters. The van der Waals surface area contributed by atoms with Crippen LogP contribution in [0.1, 0.15) is 38.4 Å². The van der Waals surface area contributed by atoms with Crippen molar-refractivity contribution in [2.24, 2.45) is 5.41 Å². The zero-order chi connectivity index (χ0) is 26.8. The molecule has 0 aliphatic heterocycles. The van der Waals surface area contributed by atoms with Crippen LogP contribution in [-0.2, 0) is 9.53 Å². The first-order valence-electron chi connectivity index (χ1n) is 11.9. The number of anilines is 3. The number of allylic oxidation sites excluding steroid dienone is 1. The van der Waals surface area contributed by atoms with Gasteiger partial charge in [-0.3, -0.25) is 10.1 Å². The molecule has 0 aliphatic rings. The summed E-state index contributed by atoms with van der Waals surface area (Å²) in [6.45, 7) is 3.93. The topological polar surface area (TPSA) is 123 Å². The summed E-state index contributed by atoms with van der Waals surface area (Å²) in [6.07, 6.45) is 3.05. The predicted octanol–water partition coefficient (Wildman–Crippen LogP) is 6.27. The van der Waals surface area contributed by atoms with Crippen LogP contribution in [-0.4, -0.2) is 24.2 Å². The lowest BCUT2D eigenvalue weighted by Gasteiger charge is -2.34. The van der Waals surface area contributed by atoms with Gasteiger partial charge in [0.15, 0.2) is 11.5 Å². The van der Waals surface area contributed by atoms with Gasteiger partial charge in [-0.05, 0) is 60.9 Å². The Morgan fingerprint density at radius 1 is 1.03 bits per heavy atom. The van der Waals surface area contributed by atoms with Gasteiger partial charge < -0.3 is 25.6 Å². The monoisotopic (exact) mass is 503 g/mol. The Hall–Kier alpha value is -4.46. The van der Waals surface area contributed by atoms with Crippen LogP contribution in [0.5, 0.6) is 11.5 Å². The van der Waals surface area contributed by atoms with Gasteiger partial charge in [-0.1, -0.05) is 56.3 Å². The molecule has 0 aliphatic carbocycles. The lowest BCUT2D eigenvalue weighted by Crippen LogP contribution is -2.29. The Morgan fingerprint density at radius 3 is 2.41 bits per heavy atom. The third-order valence-corrected chi connectivity index (χ3v) is 5.90. The lowest BCUT2D eigenvalue weighted by molar-refractivity contribution is -0.111. The van der Waals surface area contributed by atoms with Crippen LogP contribution in [0.3, 0.4) is 0 Å². The molecule has 0 saturated heterocycles. The van der Waals surface area contributed by atoms with Crippen LogP contribution in [0, 0.1) is 5.41 Å². The van der Waals surface area contributed by atoms with Gasteiger partial charge in [-0.15, -0.1) is 0 Å². The number of ether oxygens (including phenoxy) is 2. The van der Waals surface area contributed by atoms with Crippen molar-refractivity contribution < 1.29 is 24.2 Å². The molecule has 0 saturated carbocycles. The predicted molar refractivity (Wildman–Crippen MR) is 146 cm³/mol. The van der Waals surface area contributed by atoms with E-state index in [1.165, 1.54) is 19.3 Å². The number of aromatic hydroxyl groups is 1. The fraction of sp³-hybridized carbons (Fsp3) is 0.241. The van der Waals surface area contributed by atoms with E-state index in [2.05, 4.69) is 10.6 Å². The molecule has 194 valence electrons. The van der Waals surface area contributed by atoms with Gasteiger partial charge in [0.2, 0.25) is 5.91 Å². The smallest absolute Gasteiger partial charge is 0.412 e. The molecular weight excluding hydrogens is 470 g/mol. The minimum Gasteiger partial charge on any atom is -0.504 e. The summed E-state index contributed by atoms with van der Waals surface area (Å²) in [6, 6.07) is 21.0. The highest BCUT2D eigenvalue weighted by Gasteiger charge is 2.34. The van der Waals surface area contributed by atoms with Crippen molar-refractivity contribution in [1.29, 1.82) is 0 Å². The summed E-state index contributed by atoms with van der Waals surface area (Å²) < 4.78 is 11.0. The van der Waals surface area contributed by atoms with E-state index in [4.69, 9.17) is 15.2 Å². The van der Waals surface area contributed by atoms with Crippen molar-refractivity contribution in [2.45, 2.75) is 32.8 Å². The Balaban J connectivity index is 1.71. The van der Waals surface area contributed by atoms with E-state index in [-0.39, 0.29) is 11.7 Å². The first-order valence-corrected chi connectivity index (χ1v) is 11.9. The second kappa shape index (κ2) is 12.5. The molecule has 0 radical (unpaired) electrons. The molecule has 0 fully saturated rings. The highest BCUT2D eigenvalue weighted by atomic mass is 16.6. The Labute approximate surface area is 217 Å². The number of amides is 2. The maximum absolute atomic E-state index is 12.8. The maximum atomic E-state index is 12.8.